The van der Waals surface area contributed by atoms with Gasteiger partial charge in [-0.3, -0.25) is 5.10 Å². The van der Waals surface area contributed by atoms with Crippen LogP contribution in [-0.4, -0.2) is 25.0 Å². The number of H-pyrrole nitrogens is 1. The lowest BCUT2D eigenvalue weighted by molar-refractivity contribution is 0.304. The molecule has 102 valence electrons. The van der Waals surface area contributed by atoms with Gasteiger partial charge in [0.2, 0.25) is 0 Å². The molecule has 0 spiro atoms. The highest BCUT2D eigenvalue weighted by molar-refractivity contribution is 5.04. The van der Waals surface area contributed by atoms with Gasteiger partial charge < -0.3 is 0 Å². The van der Waals surface area contributed by atoms with Crippen molar-refractivity contribution in [2.45, 2.75) is 51.5 Å². The van der Waals surface area contributed by atoms with Gasteiger partial charge in [0.1, 0.15) is 12.2 Å². The predicted molar refractivity (Wildman–Crippen MR) is 72.6 cm³/mol. The van der Waals surface area contributed by atoms with E-state index in [1.54, 1.807) is 6.33 Å². The van der Waals surface area contributed by atoms with Gasteiger partial charge in [-0.25, -0.2) is 9.67 Å². The molecule has 0 aromatic carbocycles. The highest BCUT2D eigenvalue weighted by Gasteiger charge is 2.16. The smallest absolute Gasteiger partial charge is 0.138 e. The van der Waals surface area contributed by atoms with Gasteiger partial charge in [-0.2, -0.15) is 10.2 Å². The second-order valence-electron chi connectivity index (χ2n) is 5.47. The van der Waals surface area contributed by atoms with Gasteiger partial charge in [-0.15, -0.1) is 0 Å². The zero-order valence-corrected chi connectivity index (χ0v) is 11.3. The summed E-state index contributed by atoms with van der Waals surface area (Å²) in [7, 11) is 0. The summed E-state index contributed by atoms with van der Waals surface area (Å²) in [5, 5.41) is 11.2. The maximum atomic E-state index is 4.40. The fraction of sp³-hybridized carbons (Fsp3) is 0.643. The fourth-order valence-electron chi connectivity index (χ4n) is 2.92. The molecule has 1 N–H and O–H groups in total. The van der Waals surface area contributed by atoms with E-state index in [4.69, 9.17) is 0 Å². The number of nitrogens with one attached hydrogen (secondary N) is 1. The summed E-state index contributed by atoms with van der Waals surface area (Å²) in [6, 6.07) is 0. The molecular formula is C14H21N5. The van der Waals surface area contributed by atoms with Crippen molar-refractivity contribution in [2.24, 2.45) is 5.92 Å². The number of aryl methyl sites for hydroxylation is 2. The Morgan fingerprint density at radius 3 is 2.89 bits per heavy atom. The minimum atomic E-state index is 0.795. The Morgan fingerprint density at radius 1 is 1.21 bits per heavy atom. The van der Waals surface area contributed by atoms with Crippen LogP contribution < -0.4 is 0 Å². The van der Waals surface area contributed by atoms with Crippen LogP contribution in [0.1, 0.15) is 43.5 Å². The number of hydrogen-bond acceptors (Lipinski definition) is 3. The fourth-order valence-corrected chi connectivity index (χ4v) is 2.92. The monoisotopic (exact) mass is 259 g/mol. The van der Waals surface area contributed by atoms with Crippen molar-refractivity contribution >= 4 is 0 Å². The average Bonchev–Trinajstić information content (AvgIpc) is 3.09. The molecule has 3 rings (SSSR count). The Bertz CT molecular complexity index is 482. The van der Waals surface area contributed by atoms with Gasteiger partial charge in [0.15, 0.2) is 0 Å². The van der Waals surface area contributed by atoms with Gasteiger partial charge in [0.25, 0.3) is 0 Å². The van der Waals surface area contributed by atoms with Crippen LogP contribution in [0.25, 0.3) is 0 Å². The predicted octanol–water partition coefficient (Wildman–Crippen LogP) is 2.37. The first-order valence-electron chi connectivity index (χ1n) is 7.26. The minimum Gasteiger partial charge on any atom is -0.285 e. The standard InChI is InChI=1S/C14H21N5/c1-2-4-12(5-3-1)10-19-14(15-11-18-19)7-6-13-8-16-17-9-13/h8-9,11-12H,1-7,10H2,(H,16,17). The van der Waals surface area contributed by atoms with Crippen molar-refractivity contribution in [3.05, 3.63) is 30.1 Å². The van der Waals surface area contributed by atoms with Crippen molar-refractivity contribution in [2.75, 3.05) is 0 Å². The summed E-state index contributed by atoms with van der Waals surface area (Å²) in [6.07, 6.45) is 14.3. The lowest BCUT2D eigenvalue weighted by Crippen LogP contribution is -2.17. The van der Waals surface area contributed by atoms with Crippen LogP contribution in [0.3, 0.4) is 0 Å². The average molecular weight is 259 g/mol. The number of aromatic nitrogens is 5. The van der Waals surface area contributed by atoms with Crippen LogP contribution in [0.15, 0.2) is 18.7 Å². The summed E-state index contributed by atoms with van der Waals surface area (Å²) in [5.41, 5.74) is 1.23. The molecule has 5 nitrogen and oxygen atoms in total. The summed E-state index contributed by atoms with van der Waals surface area (Å²) >= 11 is 0. The van der Waals surface area contributed by atoms with Crippen LogP contribution in [0, 0.1) is 5.92 Å². The first-order chi connectivity index (χ1) is 9.42. The first kappa shape index (κ1) is 12.4. The van der Waals surface area contributed by atoms with Gasteiger partial charge in [-0.05, 0) is 30.7 Å². The Morgan fingerprint density at radius 2 is 2.11 bits per heavy atom. The summed E-state index contributed by atoms with van der Waals surface area (Å²) in [6.45, 7) is 1.04. The Kier molecular flexibility index (Phi) is 3.91. The largest absolute Gasteiger partial charge is 0.285 e. The van der Waals surface area contributed by atoms with Gasteiger partial charge in [-0.1, -0.05) is 19.3 Å². The normalized spacial score (nSPS) is 16.8. The van der Waals surface area contributed by atoms with Gasteiger partial charge >= 0.3 is 0 Å². The van der Waals surface area contributed by atoms with E-state index in [0.29, 0.717) is 0 Å². The molecule has 0 bridgehead atoms. The molecule has 2 heterocycles. The molecule has 0 saturated heterocycles. The van der Waals surface area contributed by atoms with Crippen LogP contribution in [0.5, 0.6) is 0 Å². The van der Waals surface area contributed by atoms with Crippen LogP contribution in [0.4, 0.5) is 0 Å². The maximum Gasteiger partial charge on any atom is 0.138 e. The van der Waals surface area contributed by atoms with Crippen molar-refractivity contribution < 1.29 is 0 Å². The first-order valence-corrected chi connectivity index (χ1v) is 7.26. The number of aromatic amines is 1. The van der Waals surface area contributed by atoms with E-state index < -0.39 is 0 Å². The maximum absolute atomic E-state index is 4.40. The van der Waals surface area contributed by atoms with E-state index in [-0.39, 0.29) is 0 Å². The quantitative estimate of drug-likeness (QED) is 0.896. The molecule has 1 fully saturated rings. The molecule has 0 amide bonds. The van der Waals surface area contributed by atoms with Crippen molar-refractivity contribution in [3.63, 3.8) is 0 Å². The Balaban J connectivity index is 1.58. The summed E-state index contributed by atoms with van der Waals surface area (Å²) in [4.78, 5) is 4.40. The molecule has 1 aliphatic carbocycles. The molecule has 1 aliphatic rings. The number of nitrogens with zero attached hydrogens (tertiary/aromatic N) is 4. The summed E-state index contributed by atoms with van der Waals surface area (Å²) in [5.74, 6) is 1.90. The lowest BCUT2D eigenvalue weighted by atomic mass is 9.89. The molecular weight excluding hydrogens is 238 g/mol. The topological polar surface area (TPSA) is 59.4 Å². The molecule has 0 radical (unpaired) electrons. The van der Waals surface area contributed by atoms with Crippen molar-refractivity contribution in [3.8, 4) is 0 Å². The SMILES string of the molecule is c1nc(CCc2cn[nH]c2)n(CC2CCCCC2)n1. The van der Waals surface area contributed by atoms with E-state index in [9.17, 15) is 0 Å². The van der Waals surface area contributed by atoms with E-state index >= 15 is 0 Å². The minimum absolute atomic E-state index is 0.795. The highest BCUT2D eigenvalue weighted by Crippen LogP contribution is 2.25. The zero-order valence-electron chi connectivity index (χ0n) is 11.3. The van der Waals surface area contributed by atoms with E-state index in [1.165, 1.54) is 37.7 Å². The van der Waals surface area contributed by atoms with Crippen LogP contribution >= 0.6 is 0 Å². The zero-order chi connectivity index (χ0) is 12.9. The van der Waals surface area contributed by atoms with Crippen molar-refractivity contribution in [1.29, 1.82) is 0 Å². The highest BCUT2D eigenvalue weighted by atomic mass is 15.3. The van der Waals surface area contributed by atoms with Crippen LogP contribution in [0.2, 0.25) is 0 Å². The van der Waals surface area contributed by atoms with E-state index in [2.05, 4.69) is 25.0 Å². The third-order valence-electron chi connectivity index (χ3n) is 4.04. The summed E-state index contributed by atoms with van der Waals surface area (Å²) < 4.78 is 2.11. The third kappa shape index (κ3) is 3.22. The molecule has 1 saturated carbocycles. The third-order valence-corrected chi connectivity index (χ3v) is 4.04. The Hall–Kier alpha value is -1.65. The molecule has 0 aliphatic heterocycles. The van der Waals surface area contributed by atoms with Gasteiger partial charge in [0, 0.05) is 19.2 Å². The molecule has 19 heavy (non-hydrogen) atoms. The number of hydrogen-bond donors (Lipinski definition) is 1. The molecule has 2 aromatic rings. The second kappa shape index (κ2) is 5.99. The molecule has 2 aromatic heterocycles. The number of rotatable bonds is 5. The van der Waals surface area contributed by atoms with Crippen LogP contribution in [-0.2, 0) is 19.4 Å². The lowest BCUT2D eigenvalue weighted by Gasteiger charge is -2.21. The molecule has 0 atom stereocenters. The van der Waals surface area contributed by atoms with Gasteiger partial charge in [0.05, 0.1) is 6.20 Å². The second-order valence-corrected chi connectivity index (χ2v) is 5.47. The van der Waals surface area contributed by atoms with E-state index in [0.717, 1.165) is 31.1 Å². The molecule has 5 heteroatoms. The van der Waals surface area contributed by atoms with Crippen molar-refractivity contribution in [1.82, 2.24) is 25.0 Å². The van der Waals surface area contributed by atoms with E-state index in [1.807, 2.05) is 12.4 Å². The Labute approximate surface area is 113 Å². The molecule has 0 unspecified atom stereocenters.